The molecule has 0 unspecified atom stereocenters. The minimum absolute atomic E-state index is 0.219. The Kier molecular flexibility index (Phi) is 6.98. The lowest BCUT2D eigenvalue weighted by molar-refractivity contribution is 0.0904. The van der Waals surface area contributed by atoms with Crippen molar-refractivity contribution in [3.05, 3.63) is 71.9 Å². The average molecular weight is 462 g/mol. The third kappa shape index (κ3) is 5.65. The number of pyridine rings is 1. The number of aromatic nitrogens is 3. The summed E-state index contributed by atoms with van der Waals surface area (Å²) in [7, 11) is 1.48. The maximum atomic E-state index is 13.1. The van der Waals surface area contributed by atoms with Gasteiger partial charge in [-0.05, 0) is 50.2 Å². The highest BCUT2D eigenvalue weighted by molar-refractivity contribution is 6.01. The van der Waals surface area contributed by atoms with Gasteiger partial charge in [-0.15, -0.1) is 0 Å². The number of urea groups is 1. The minimum Gasteiger partial charge on any atom is -0.495 e. The van der Waals surface area contributed by atoms with Gasteiger partial charge in [0.2, 0.25) is 0 Å². The van der Waals surface area contributed by atoms with Gasteiger partial charge in [0.15, 0.2) is 5.82 Å². The van der Waals surface area contributed by atoms with Crippen LogP contribution in [0.2, 0.25) is 0 Å². The van der Waals surface area contributed by atoms with Crippen LogP contribution >= 0.6 is 0 Å². The zero-order valence-corrected chi connectivity index (χ0v) is 19.1. The Balaban J connectivity index is 1.45. The zero-order valence-electron chi connectivity index (χ0n) is 19.1. The van der Waals surface area contributed by atoms with Crippen molar-refractivity contribution in [2.45, 2.75) is 25.3 Å². The first-order valence-corrected chi connectivity index (χ1v) is 10.9. The summed E-state index contributed by atoms with van der Waals surface area (Å²) in [5.41, 5.74) is 2.09. The number of carbonyl (C=O) groups is 2. The minimum atomic E-state index is -0.500. The molecule has 0 spiro atoms. The number of carbonyl (C=O) groups excluding carboxylic acids is 2. The molecule has 2 aromatic heterocycles. The summed E-state index contributed by atoms with van der Waals surface area (Å²) in [5, 5.41) is 11.9. The fourth-order valence-electron chi connectivity index (χ4n) is 3.87. The van der Waals surface area contributed by atoms with Crippen molar-refractivity contribution in [2.75, 3.05) is 30.8 Å². The number of methoxy groups -OCH3 is 1. The number of nitrogens with zero attached hydrogens (tertiary/aromatic N) is 3. The number of hydrogen-bond donors (Lipinski definition) is 4. The van der Waals surface area contributed by atoms with E-state index in [1.165, 1.54) is 13.3 Å². The lowest BCUT2D eigenvalue weighted by atomic mass is 9.91. The third-order valence-corrected chi connectivity index (χ3v) is 5.60. The molecule has 1 atom stereocenters. The van der Waals surface area contributed by atoms with Crippen LogP contribution < -0.4 is 26.0 Å². The van der Waals surface area contributed by atoms with Crippen molar-refractivity contribution >= 4 is 23.4 Å². The second-order valence-electron chi connectivity index (χ2n) is 8.20. The molecule has 0 bridgehead atoms. The molecule has 0 radical (unpaired) electrons. The van der Waals surface area contributed by atoms with Crippen LogP contribution in [-0.2, 0) is 6.42 Å². The second kappa shape index (κ2) is 10.3. The molecular formula is C24H27N7O3. The fourth-order valence-corrected chi connectivity index (χ4v) is 3.87. The monoisotopic (exact) mass is 461 g/mol. The van der Waals surface area contributed by atoms with E-state index in [2.05, 4.69) is 36.2 Å². The first-order valence-electron chi connectivity index (χ1n) is 10.9. The summed E-state index contributed by atoms with van der Waals surface area (Å²) in [6.45, 7) is 3.29. The Morgan fingerprint density at radius 1 is 1.12 bits per heavy atom. The summed E-state index contributed by atoms with van der Waals surface area (Å²) in [5.74, 6) is 0.464. The molecule has 0 aliphatic carbocycles. The first-order chi connectivity index (χ1) is 16.5. The quantitative estimate of drug-likeness (QED) is 0.425. The number of aryl methyl sites for hydroxylation is 1. The van der Waals surface area contributed by atoms with Gasteiger partial charge in [0.25, 0.3) is 5.91 Å². The summed E-state index contributed by atoms with van der Waals surface area (Å²) >= 11 is 0. The average Bonchev–Trinajstić information content (AvgIpc) is 3.29. The molecule has 0 saturated carbocycles. The van der Waals surface area contributed by atoms with Crippen molar-refractivity contribution < 1.29 is 14.3 Å². The zero-order chi connectivity index (χ0) is 24.0. The lowest BCUT2D eigenvalue weighted by Crippen LogP contribution is -2.51. The van der Waals surface area contributed by atoms with Crippen molar-refractivity contribution in [1.29, 1.82) is 0 Å². The molecule has 10 heteroatoms. The SMILES string of the molecule is COc1cc(C(=O)N[C@@]2(Cc3ccccn3)CCNC2)ccc1NC(=O)Nc1cnc(C)cn1. The Morgan fingerprint density at radius 3 is 2.68 bits per heavy atom. The highest BCUT2D eigenvalue weighted by atomic mass is 16.5. The van der Waals surface area contributed by atoms with Crippen LogP contribution in [0.4, 0.5) is 16.3 Å². The largest absolute Gasteiger partial charge is 0.495 e. The van der Waals surface area contributed by atoms with Crippen LogP contribution in [0.3, 0.4) is 0 Å². The van der Waals surface area contributed by atoms with Gasteiger partial charge >= 0.3 is 6.03 Å². The van der Waals surface area contributed by atoms with Crippen molar-refractivity contribution in [3.63, 3.8) is 0 Å². The van der Waals surface area contributed by atoms with Crippen LogP contribution in [0.25, 0.3) is 0 Å². The second-order valence-corrected chi connectivity index (χ2v) is 8.20. The van der Waals surface area contributed by atoms with E-state index in [0.29, 0.717) is 35.8 Å². The molecule has 1 aromatic carbocycles. The van der Waals surface area contributed by atoms with E-state index in [4.69, 9.17) is 4.74 Å². The molecule has 176 valence electrons. The van der Waals surface area contributed by atoms with E-state index in [9.17, 15) is 9.59 Å². The molecule has 3 aromatic rings. The van der Waals surface area contributed by atoms with Gasteiger partial charge in [0.1, 0.15) is 5.75 Å². The summed E-state index contributed by atoms with van der Waals surface area (Å²) in [6.07, 6.45) is 6.22. The van der Waals surface area contributed by atoms with Crippen LogP contribution in [0, 0.1) is 6.92 Å². The maximum absolute atomic E-state index is 13.1. The normalized spacial score (nSPS) is 17.1. The number of rotatable bonds is 7. The van der Waals surface area contributed by atoms with Gasteiger partial charge in [-0.3, -0.25) is 20.1 Å². The Bertz CT molecular complexity index is 1150. The van der Waals surface area contributed by atoms with Crippen LogP contribution in [-0.4, -0.2) is 52.6 Å². The standard InChI is InChI=1S/C24H27N7O3/c1-16-13-28-21(14-27-16)30-23(33)29-19-7-6-17(11-20(19)34-2)22(32)31-24(8-10-25-15-24)12-18-5-3-4-9-26-18/h3-7,9,11,13-14,25H,8,10,12,15H2,1-2H3,(H,31,32)(H2,28,29,30,33)/t24-/m1/s1. The van der Waals surface area contributed by atoms with E-state index in [1.54, 1.807) is 30.6 Å². The van der Waals surface area contributed by atoms with E-state index in [1.807, 2.05) is 25.1 Å². The number of hydrogen-bond acceptors (Lipinski definition) is 7. The van der Waals surface area contributed by atoms with Gasteiger partial charge in [0.05, 0.1) is 36.4 Å². The van der Waals surface area contributed by atoms with Crippen molar-refractivity contribution in [3.8, 4) is 5.75 Å². The van der Waals surface area contributed by atoms with E-state index in [-0.39, 0.29) is 5.91 Å². The molecule has 10 nitrogen and oxygen atoms in total. The molecular weight excluding hydrogens is 434 g/mol. The molecule has 3 heterocycles. The van der Waals surface area contributed by atoms with E-state index >= 15 is 0 Å². The Labute approximate surface area is 197 Å². The van der Waals surface area contributed by atoms with Gasteiger partial charge in [-0.25, -0.2) is 9.78 Å². The molecule has 3 amide bonds. The van der Waals surface area contributed by atoms with Crippen LogP contribution in [0.1, 0.15) is 28.2 Å². The predicted molar refractivity (Wildman–Crippen MR) is 128 cm³/mol. The number of nitrogens with one attached hydrogen (secondary N) is 4. The van der Waals surface area contributed by atoms with Gasteiger partial charge in [0, 0.05) is 30.4 Å². The Hall–Kier alpha value is -4.05. The predicted octanol–water partition coefficient (Wildman–Crippen LogP) is 2.54. The van der Waals surface area contributed by atoms with Crippen molar-refractivity contribution in [1.82, 2.24) is 25.6 Å². The topological polar surface area (TPSA) is 130 Å². The lowest BCUT2D eigenvalue weighted by Gasteiger charge is -2.29. The first kappa shape index (κ1) is 23.1. The molecule has 4 N–H and O–H groups in total. The van der Waals surface area contributed by atoms with Crippen LogP contribution in [0.15, 0.2) is 55.0 Å². The third-order valence-electron chi connectivity index (χ3n) is 5.60. The summed E-state index contributed by atoms with van der Waals surface area (Å²) in [4.78, 5) is 38.1. The van der Waals surface area contributed by atoms with Crippen molar-refractivity contribution in [2.24, 2.45) is 0 Å². The highest BCUT2D eigenvalue weighted by Gasteiger charge is 2.36. The van der Waals surface area contributed by atoms with E-state index < -0.39 is 11.6 Å². The molecule has 1 aliphatic rings. The summed E-state index contributed by atoms with van der Waals surface area (Å²) in [6, 6.07) is 10.2. The summed E-state index contributed by atoms with van der Waals surface area (Å²) < 4.78 is 5.42. The number of ether oxygens (including phenoxy) is 1. The van der Waals surface area contributed by atoms with Crippen LogP contribution in [0.5, 0.6) is 5.75 Å². The van der Waals surface area contributed by atoms with Gasteiger partial charge in [-0.2, -0.15) is 0 Å². The number of amides is 3. The molecule has 1 fully saturated rings. The molecule has 1 aliphatic heterocycles. The number of anilines is 2. The molecule has 4 rings (SSSR count). The van der Waals surface area contributed by atoms with Gasteiger partial charge < -0.3 is 20.7 Å². The Morgan fingerprint density at radius 2 is 2.00 bits per heavy atom. The van der Waals surface area contributed by atoms with Gasteiger partial charge in [-0.1, -0.05) is 6.07 Å². The van der Waals surface area contributed by atoms with E-state index in [0.717, 1.165) is 24.4 Å². The molecule has 1 saturated heterocycles. The maximum Gasteiger partial charge on any atom is 0.324 e. The molecule has 34 heavy (non-hydrogen) atoms. The smallest absolute Gasteiger partial charge is 0.324 e. The fraction of sp³-hybridized carbons (Fsp3) is 0.292. The number of benzene rings is 1. The highest BCUT2D eigenvalue weighted by Crippen LogP contribution is 2.27.